The monoisotopic (exact) mass is 366 g/mol. The number of hydrogen-bond donors (Lipinski definition) is 1. The van der Waals surface area contributed by atoms with Crippen molar-refractivity contribution in [2.24, 2.45) is 0 Å². The lowest BCUT2D eigenvalue weighted by Gasteiger charge is -2.27. The van der Waals surface area contributed by atoms with E-state index in [-0.39, 0.29) is 18.8 Å². The molecule has 27 heavy (non-hydrogen) atoms. The fraction of sp³-hybridized carbons (Fsp3) is 0.364. The van der Waals surface area contributed by atoms with E-state index in [0.717, 1.165) is 11.1 Å². The van der Waals surface area contributed by atoms with Gasteiger partial charge in [0.05, 0.1) is 18.9 Å². The number of nitrogens with zero attached hydrogens (tertiary/aromatic N) is 2. The van der Waals surface area contributed by atoms with Gasteiger partial charge in [0.1, 0.15) is 5.69 Å². The van der Waals surface area contributed by atoms with E-state index in [4.69, 9.17) is 4.74 Å². The first kappa shape index (κ1) is 19.1. The van der Waals surface area contributed by atoms with Gasteiger partial charge in [-0.05, 0) is 38.5 Å². The number of rotatable bonds is 7. The van der Waals surface area contributed by atoms with Gasteiger partial charge in [0.25, 0.3) is 0 Å². The van der Waals surface area contributed by atoms with Gasteiger partial charge in [-0.15, -0.1) is 0 Å². The van der Waals surface area contributed by atoms with E-state index in [1.807, 2.05) is 70.3 Å². The average Bonchev–Trinajstić information content (AvgIpc) is 2.99. The van der Waals surface area contributed by atoms with Crippen LogP contribution in [0.15, 0.2) is 42.6 Å². The highest BCUT2D eigenvalue weighted by molar-refractivity contribution is 5.97. The molecule has 0 radical (unpaired) electrons. The minimum atomic E-state index is -0.656. The molecule has 0 saturated carbocycles. The maximum atomic E-state index is 13.2. The Morgan fingerprint density at radius 2 is 2.04 bits per heavy atom. The summed E-state index contributed by atoms with van der Waals surface area (Å²) in [6.45, 7) is 8.10. The molecule has 0 saturated heterocycles. The molecule has 5 heteroatoms. The third kappa shape index (κ3) is 3.60. The van der Waals surface area contributed by atoms with Crippen LogP contribution >= 0.6 is 0 Å². The molecule has 0 aliphatic heterocycles. The standard InChI is InChI=1S/C22H26N2O3/c1-5-27-19-10-7-11-24-20(16(3)23-21(19)24)18(26)13-22(4,14-25)17-9-6-8-15(2)12-17/h6-12,25H,5,13-14H2,1-4H3/t22-/m0/s1. The van der Waals surface area contributed by atoms with Gasteiger partial charge in [0.15, 0.2) is 17.2 Å². The molecule has 0 unspecified atom stereocenters. The number of aliphatic hydroxyl groups is 1. The Hall–Kier alpha value is -2.66. The van der Waals surface area contributed by atoms with E-state index in [0.29, 0.717) is 29.4 Å². The second kappa shape index (κ2) is 7.53. The van der Waals surface area contributed by atoms with E-state index in [1.165, 1.54) is 0 Å². The maximum absolute atomic E-state index is 13.2. The number of Topliss-reactive ketones (excluding diaryl/α,β-unsaturated/α-hetero) is 1. The summed E-state index contributed by atoms with van der Waals surface area (Å²) in [4.78, 5) is 17.8. The lowest BCUT2D eigenvalue weighted by Crippen LogP contribution is -2.30. The number of aryl methyl sites for hydroxylation is 2. The topological polar surface area (TPSA) is 63.8 Å². The average molecular weight is 366 g/mol. The quantitative estimate of drug-likeness (QED) is 0.645. The lowest BCUT2D eigenvalue weighted by molar-refractivity contribution is 0.0912. The molecule has 0 bridgehead atoms. The molecule has 142 valence electrons. The predicted molar refractivity (Wildman–Crippen MR) is 106 cm³/mol. The number of hydrogen-bond acceptors (Lipinski definition) is 4. The van der Waals surface area contributed by atoms with E-state index < -0.39 is 5.41 Å². The summed E-state index contributed by atoms with van der Waals surface area (Å²) < 4.78 is 7.43. The summed E-state index contributed by atoms with van der Waals surface area (Å²) in [5, 5.41) is 10.1. The van der Waals surface area contributed by atoms with E-state index >= 15 is 0 Å². The molecule has 0 spiro atoms. The molecule has 0 amide bonds. The fourth-order valence-electron chi connectivity index (χ4n) is 3.47. The Morgan fingerprint density at radius 1 is 1.26 bits per heavy atom. The normalized spacial score (nSPS) is 13.5. The van der Waals surface area contributed by atoms with Crippen molar-refractivity contribution in [1.29, 1.82) is 0 Å². The maximum Gasteiger partial charge on any atom is 0.182 e. The Kier molecular flexibility index (Phi) is 5.33. The van der Waals surface area contributed by atoms with Crippen LogP contribution in [0.1, 0.15) is 47.6 Å². The summed E-state index contributed by atoms with van der Waals surface area (Å²) in [6.07, 6.45) is 2.02. The van der Waals surface area contributed by atoms with Gasteiger partial charge in [-0.3, -0.25) is 9.20 Å². The summed E-state index contributed by atoms with van der Waals surface area (Å²) in [5.74, 6) is 0.609. The molecule has 3 aromatic rings. The van der Waals surface area contributed by atoms with Gasteiger partial charge >= 0.3 is 0 Å². The molecule has 2 heterocycles. The zero-order chi connectivity index (χ0) is 19.6. The zero-order valence-corrected chi connectivity index (χ0v) is 16.3. The molecule has 0 aliphatic carbocycles. The molecule has 1 aromatic carbocycles. The van der Waals surface area contributed by atoms with Gasteiger partial charge in [0.2, 0.25) is 0 Å². The number of ketones is 1. The number of fused-ring (bicyclic) bond motifs is 1. The molecule has 2 aromatic heterocycles. The Balaban J connectivity index is 2.00. The van der Waals surface area contributed by atoms with Crippen LogP contribution in [0, 0.1) is 13.8 Å². The highest BCUT2D eigenvalue weighted by Crippen LogP contribution is 2.31. The number of pyridine rings is 1. The molecular formula is C22H26N2O3. The first-order valence-corrected chi connectivity index (χ1v) is 9.21. The zero-order valence-electron chi connectivity index (χ0n) is 16.3. The number of aliphatic hydroxyl groups excluding tert-OH is 1. The summed E-state index contributed by atoms with van der Waals surface area (Å²) >= 11 is 0. The van der Waals surface area contributed by atoms with E-state index in [9.17, 15) is 9.90 Å². The summed E-state index contributed by atoms with van der Waals surface area (Å²) in [6, 6.07) is 11.7. The minimum absolute atomic E-state index is 0.0493. The van der Waals surface area contributed by atoms with Gasteiger partial charge < -0.3 is 9.84 Å². The first-order valence-electron chi connectivity index (χ1n) is 9.21. The third-order valence-electron chi connectivity index (χ3n) is 4.97. The van der Waals surface area contributed by atoms with Crippen LogP contribution in [0.5, 0.6) is 5.75 Å². The van der Waals surface area contributed by atoms with Crippen LogP contribution in [0.25, 0.3) is 5.65 Å². The summed E-state index contributed by atoms with van der Waals surface area (Å²) in [5.41, 5.74) is 3.25. The van der Waals surface area contributed by atoms with E-state index in [1.54, 1.807) is 4.40 Å². The molecule has 1 N–H and O–H groups in total. The SMILES string of the molecule is CCOc1cccn2c(C(=O)C[C@@](C)(CO)c3cccc(C)c3)c(C)nc12. The van der Waals surface area contributed by atoms with Gasteiger partial charge in [0, 0.05) is 18.0 Å². The van der Waals surface area contributed by atoms with Crippen molar-refractivity contribution in [2.45, 2.75) is 39.5 Å². The van der Waals surface area contributed by atoms with Crippen LogP contribution in [-0.4, -0.2) is 33.5 Å². The first-order chi connectivity index (χ1) is 12.9. The van der Waals surface area contributed by atoms with Crippen molar-refractivity contribution >= 4 is 11.4 Å². The Bertz CT molecular complexity index is 977. The molecule has 0 aliphatic rings. The smallest absolute Gasteiger partial charge is 0.182 e. The highest BCUT2D eigenvalue weighted by atomic mass is 16.5. The van der Waals surface area contributed by atoms with Crippen molar-refractivity contribution < 1.29 is 14.6 Å². The van der Waals surface area contributed by atoms with Crippen LogP contribution in [-0.2, 0) is 5.41 Å². The van der Waals surface area contributed by atoms with Crippen molar-refractivity contribution in [1.82, 2.24) is 9.38 Å². The predicted octanol–water partition coefficient (Wildman–Crippen LogP) is 3.87. The van der Waals surface area contributed by atoms with Crippen LogP contribution in [0.3, 0.4) is 0 Å². The number of carbonyl (C=O) groups is 1. The van der Waals surface area contributed by atoms with Crippen molar-refractivity contribution in [3.8, 4) is 5.75 Å². The van der Waals surface area contributed by atoms with E-state index in [2.05, 4.69) is 4.98 Å². The molecular weight excluding hydrogens is 340 g/mol. The van der Waals surface area contributed by atoms with Crippen molar-refractivity contribution in [3.63, 3.8) is 0 Å². The third-order valence-corrected chi connectivity index (χ3v) is 4.97. The number of carbonyl (C=O) groups excluding carboxylic acids is 1. The molecule has 1 atom stereocenters. The van der Waals surface area contributed by atoms with Gasteiger partial charge in [-0.1, -0.05) is 36.8 Å². The minimum Gasteiger partial charge on any atom is -0.490 e. The second-order valence-corrected chi connectivity index (χ2v) is 7.23. The van der Waals surface area contributed by atoms with Crippen LogP contribution in [0.4, 0.5) is 0 Å². The van der Waals surface area contributed by atoms with Gasteiger partial charge in [-0.2, -0.15) is 0 Å². The van der Waals surface area contributed by atoms with Crippen molar-refractivity contribution in [3.05, 3.63) is 65.1 Å². The lowest BCUT2D eigenvalue weighted by atomic mass is 9.78. The van der Waals surface area contributed by atoms with Crippen LogP contribution < -0.4 is 4.74 Å². The summed E-state index contributed by atoms with van der Waals surface area (Å²) in [7, 11) is 0. The number of aromatic nitrogens is 2. The number of ether oxygens (including phenoxy) is 1. The van der Waals surface area contributed by atoms with Gasteiger partial charge in [-0.25, -0.2) is 4.98 Å². The molecule has 3 rings (SSSR count). The van der Waals surface area contributed by atoms with Crippen LogP contribution in [0.2, 0.25) is 0 Å². The second-order valence-electron chi connectivity index (χ2n) is 7.23. The highest BCUT2D eigenvalue weighted by Gasteiger charge is 2.31. The largest absolute Gasteiger partial charge is 0.490 e. The number of imidazole rings is 1. The van der Waals surface area contributed by atoms with Crippen molar-refractivity contribution in [2.75, 3.05) is 13.2 Å². The Labute approximate surface area is 159 Å². The Morgan fingerprint density at radius 3 is 2.70 bits per heavy atom. The fourth-order valence-corrected chi connectivity index (χ4v) is 3.47. The number of benzene rings is 1. The molecule has 0 fully saturated rings. The molecule has 5 nitrogen and oxygen atoms in total.